The fourth-order valence-electron chi connectivity index (χ4n) is 2.63. The Kier molecular flexibility index (Phi) is 6.50. The normalized spacial score (nSPS) is 27.5. The van der Waals surface area contributed by atoms with E-state index in [0.29, 0.717) is 12.2 Å². The van der Waals surface area contributed by atoms with E-state index >= 15 is 0 Å². The summed E-state index contributed by atoms with van der Waals surface area (Å²) >= 11 is 0. The first-order valence-corrected chi connectivity index (χ1v) is 7.44. The molecule has 0 bridgehead atoms. The standard InChI is InChI=1S/C15H30O2/c1-5-7-8-9-10-12-14-13(11-6-2)16-15(3,4)17-14/h13-14H,5-12H2,1-4H3. The van der Waals surface area contributed by atoms with Crippen molar-refractivity contribution in [3.8, 4) is 0 Å². The van der Waals surface area contributed by atoms with E-state index < -0.39 is 0 Å². The summed E-state index contributed by atoms with van der Waals surface area (Å²) in [4.78, 5) is 0. The molecule has 1 rings (SSSR count). The van der Waals surface area contributed by atoms with Crippen molar-refractivity contribution >= 4 is 0 Å². The molecule has 2 nitrogen and oxygen atoms in total. The van der Waals surface area contributed by atoms with Crippen LogP contribution in [0.4, 0.5) is 0 Å². The fourth-order valence-corrected chi connectivity index (χ4v) is 2.63. The molecule has 102 valence electrons. The zero-order chi connectivity index (χ0) is 12.7. The summed E-state index contributed by atoms with van der Waals surface area (Å²) in [5.41, 5.74) is 0. The minimum Gasteiger partial charge on any atom is -0.345 e. The van der Waals surface area contributed by atoms with E-state index in [1.165, 1.54) is 38.5 Å². The van der Waals surface area contributed by atoms with Crippen LogP contribution in [0.3, 0.4) is 0 Å². The minimum atomic E-state index is -0.367. The van der Waals surface area contributed by atoms with Gasteiger partial charge in [-0.3, -0.25) is 0 Å². The second-order valence-corrected chi connectivity index (χ2v) is 5.70. The smallest absolute Gasteiger partial charge is 0.163 e. The molecule has 0 radical (unpaired) electrons. The Morgan fingerprint density at radius 3 is 1.94 bits per heavy atom. The third-order valence-corrected chi connectivity index (χ3v) is 3.45. The molecule has 1 aliphatic rings. The molecule has 0 aromatic rings. The maximum Gasteiger partial charge on any atom is 0.163 e. The van der Waals surface area contributed by atoms with Crippen LogP contribution in [0.15, 0.2) is 0 Å². The number of hydrogen-bond acceptors (Lipinski definition) is 2. The molecule has 17 heavy (non-hydrogen) atoms. The largest absolute Gasteiger partial charge is 0.345 e. The highest BCUT2D eigenvalue weighted by atomic mass is 16.7. The maximum atomic E-state index is 6.00. The van der Waals surface area contributed by atoms with Crippen molar-refractivity contribution in [3.05, 3.63) is 0 Å². The quantitative estimate of drug-likeness (QED) is 0.576. The molecule has 1 fully saturated rings. The van der Waals surface area contributed by atoms with E-state index in [1.54, 1.807) is 0 Å². The van der Waals surface area contributed by atoms with E-state index in [4.69, 9.17) is 9.47 Å². The van der Waals surface area contributed by atoms with Crippen LogP contribution >= 0.6 is 0 Å². The maximum absolute atomic E-state index is 6.00. The highest BCUT2D eigenvalue weighted by Gasteiger charge is 2.39. The summed E-state index contributed by atoms with van der Waals surface area (Å²) in [6.07, 6.45) is 10.8. The van der Waals surface area contributed by atoms with Crippen LogP contribution in [0, 0.1) is 0 Å². The molecule has 1 aliphatic heterocycles. The Hall–Kier alpha value is -0.0800. The summed E-state index contributed by atoms with van der Waals surface area (Å²) < 4.78 is 12.0. The van der Waals surface area contributed by atoms with Gasteiger partial charge < -0.3 is 9.47 Å². The molecule has 1 saturated heterocycles. The van der Waals surface area contributed by atoms with Crippen molar-refractivity contribution in [2.24, 2.45) is 0 Å². The van der Waals surface area contributed by atoms with E-state index in [9.17, 15) is 0 Å². The topological polar surface area (TPSA) is 18.5 Å². The molecule has 0 aliphatic carbocycles. The number of hydrogen-bond donors (Lipinski definition) is 0. The SMILES string of the molecule is CCCCCCCC1OC(C)(C)OC1CCC. The zero-order valence-corrected chi connectivity index (χ0v) is 12.1. The van der Waals surface area contributed by atoms with Crippen LogP contribution in [0.5, 0.6) is 0 Å². The first kappa shape index (κ1) is 15.0. The van der Waals surface area contributed by atoms with Gasteiger partial charge in [-0.05, 0) is 26.7 Å². The second kappa shape index (κ2) is 7.38. The van der Waals surface area contributed by atoms with Gasteiger partial charge in [0.25, 0.3) is 0 Å². The third-order valence-electron chi connectivity index (χ3n) is 3.45. The molecule has 2 unspecified atom stereocenters. The van der Waals surface area contributed by atoms with Crippen LogP contribution in [-0.4, -0.2) is 18.0 Å². The Labute approximate surface area is 107 Å². The summed E-state index contributed by atoms with van der Waals surface area (Å²) in [6, 6.07) is 0. The van der Waals surface area contributed by atoms with E-state index in [1.807, 2.05) is 13.8 Å². The Balaban J connectivity index is 2.25. The molecule has 0 aromatic heterocycles. The van der Waals surface area contributed by atoms with Gasteiger partial charge in [-0.25, -0.2) is 0 Å². The van der Waals surface area contributed by atoms with Crippen LogP contribution in [0.25, 0.3) is 0 Å². The van der Waals surface area contributed by atoms with E-state index in [-0.39, 0.29) is 5.79 Å². The summed E-state index contributed by atoms with van der Waals surface area (Å²) in [6.45, 7) is 8.54. The second-order valence-electron chi connectivity index (χ2n) is 5.70. The van der Waals surface area contributed by atoms with Crippen LogP contribution in [0.2, 0.25) is 0 Å². The molecule has 2 heteroatoms. The lowest BCUT2D eigenvalue weighted by atomic mass is 10.0. The van der Waals surface area contributed by atoms with Crippen molar-refractivity contribution in [1.29, 1.82) is 0 Å². The molecule has 1 heterocycles. The third kappa shape index (κ3) is 5.39. The first-order chi connectivity index (χ1) is 8.09. The lowest BCUT2D eigenvalue weighted by Gasteiger charge is -2.16. The molecule has 0 saturated carbocycles. The average molecular weight is 242 g/mol. The number of unbranched alkanes of at least 4 members (excludes halogenated alkanes) is 4. The van der Waals surface area contributed by atoms with Crippen LogP contribution in [0.1, 0.15) is 79.1 Å². The molecular weight excluding hydrogens is 212 g/mol. The molecule has 0 aromatic carbocycles. The average Bonchev–Trinajstić information content (AvgIpc) is 2.54. The zero-order valence-electron chi connectivity index (χ0n) is 12.1. The molecule has 0 spiro atoms. The minimum absolute atomic E-state index is 0.321. The highest BCUT2D eigenvalue weighted by Crippen LogP contribution is 2.33. The van der Waals surface area contributed by atoms with Gasteiger partial charge in [0.15, 0.2) is 5.79 Å². The summed E-state index contributed by atoms with van der Waals surface area (Å²) in [7, 11) is 0. The van der Waals surface area contributed by atoms with Gasteiger partial charge in [-0.1, -0.05) is 52.4 Å². The Morgan fingerprint density at radius 1 is 0.765 bits per heavy atom. The lowest BCUT2D eigenvalue weighted by molar-refractivity contribution is -0.147. The van der Waals surface area contributed by atoms with Crippen molar-refractivity contribution in [2.45, 2.75) is 97.1 Å². The van der Waals surface area contributed by atoms with Gasteiger partial charge in [0.2, 0.25) is 0 Å². The van der Waals surface area contributed by atoms with Crippen LogP contribution in [-0.2, 0) is 9.47 Å². The van der Waals surface area contributed by atoms with E-state index in [0.717, 1.165) is 12.8 Å². The summed E-state index contributed by atoms with van der Waals surface area (Å²) in [5.74, 6) is -0.367. The number of rotatable bonds is 8. The van der Waals surface area contributed by atoms with Crippen molar-refractivity contribution in [2.75, 3.05) is 0 Å². The van der Waals surface area contributed by atoms with Gasteiger partial charge in [0.1, 0.15) is 0 Å². The predicted molar refractivity (Wildman–Crippen MR) is 72.1 cm³/mol. The van der Waals surface area contributed by atoms with Gasteiger partial charge in [-0.15, -0.1) is 0 Å². The van der Waals surface area contributed by atoms with Crippen molar-refractivity contribution in [1.82, 2.24) is 0 Å². The van der Waals surface area contributed by atoms with Gasteiger partial charge in [0, 0.05) is 0 Å². The first-order valence-electron chi connectivity index (χ1n) is 7.44. The van der Waals surface area contributed by atoms with Gasteiger partial charge in [-0.2, -0.15) is 0 Å². The van der Waals surface area contributed by atoms with Crippen LogP contribution < -0.4 is 0 Å². The van der Waals surface area contributed by atoms with Gasteiger partial charge in [0.05, 0.1) is 12.2 Å². The van der Waals surface area contributed by atoms with E-state index in [2.05, 4.69) is 13.8 Å². The van der Waals surface area contributed by atoms with Crippen molar-refractivity contribution < 1.29 is 9.47 Å². The monoisotopic (exact) mass is 242 g/mol. The Morgan fingerprint density at radius 2 is 1.35 bits per heavy atom. The number of ether oxygens (including phenoxy) is 2. The van der Waals surface area contributed by atoms with Crippen molar-refractivity contribution in [3.63, 3.8) is 0 Å². The fraction of sp³-hybridized carbons (Fsp3) is 1.00. The predicted octanol–water partition coefficient (Wildman–Crippen LogP) is 4.67. The summed E-state index contributed by atoms with van der Waals surface area (Å²) in [5, 5.41) is 0. The highest BCUT2D eigenvalue weighted by molar-refractivity contribution is 4.81. The lowest BCUT2D eigenvalue weighted by Crippen LogP contribution is -2.22. The molecule has 2 atom stereocenters. The molecule has 0 amide bonds. The van der Waals surface area contributed by atoms with Gasteiger partial charge >= 0.3 is 0 Å². The Bertz CT molecular complexity index is 201. The molecular formula is C15H30O2. The molecule has 0 N–H and O–H groups in total.